The zero-order chi connectivity index (χ0) is 17.3. The number of ether oxygens (including phenoxy) is 3. The van der Waals surface area contributed by atoms with Gasteiger partial charge in [0.15, 0.2) is 12.6 Å². The van der Waals surface area contributed by atoms with Gasteiger partial charge in [0.05, 0.1) is 13.2 Å². The zero-order valence-electron chi connectivity index (χ0n) is 12.0. The van der Waals surface area contributed by atoms with E-state index in [0.717, 1.165) is 0 Å². The molecule has 2 aliphatic heterocycles. The topological polar surface area (TPSA) is 190 Å². The van der Waals surface area contributed by atoms with Crippen molar-refractivity contribution in [3.63, 3.8) is 0 Å². The van der Waals surface area contributed by atoms with Crippen molar-refractivity contribution in [3.05, 3.63) is 0 Å². The molecule has 2 saturated heterocycles. The minimum atomic E-state index is -1.74. The molecule has 0 spiro atoms. The van der Waals surface area contributed by atoms with Gasteiger partial charge in [-0.1, -0.05) is 0 Å². The third kappa shape index (κ3) is 3.65. The smallest absolute Gasteiger partial charge is 0.187 e. The summed E-state index contributed by atoms with van der Waals surface area (Å²) in [6.45, 7) is -1.35. The second-order valence-electron chi connectivity index (χ2n) is 5.53. The highest BCUT2D eigenvalue weighted by molar-refractivity contribution is 4.93. The van der Waals surface area contributed by atoms with E-state index < -0.39 is 74.6 Å². The maximum Gasteiger partial charge on any atom is 0.187 e. The second-order valence-corrected chi connectivity index (χ2v) is 5.53. The van der Waals surface area contributed by atoms with E-state index in [2.05, 4.69) is 0 Å². The first-order valence-electron chi connectivity index (χ1n) is 7.08. The highest BCUT2D eigenvalue weighted by Gasteiger charge is 2.50. The van der Waals surface area contributed by atoms with E-state index in [0.29, 0.717) is 0 Å². The summed E-state index contributed by atoms with van der Waals surface area (Å²) in [5, 5.41) is 76.5. The van der Waals surface area contributed by atoms with Crippen LogP contribution < -0.4 is 0 Å². The first-order chi connectivity index (χ1) is 10.8. The Morgan fingerprint density at radius 3 is 1.83 bits per heavy atom. The van der Waals surface area contributed by atoms with Gasteiger partial charge in [0.25, 0.3) is 0 Å². The predicted octanol–water partition coefficient (Wildman–Crippen LogP) is -5.40. The van der Waals surface area contributed by atoms with Crippen molar-refractivity contribution < 1.29 is 55.1 Å². The highest BCUT2D eigenvalue weighted by atomic mass is 16.7. The van der Waals surface area contributed by atoms with Crippen LogP contribution in [0.25, 0.3) is 0 Å². The molecule has 2 rings (SSSR count). The average Bonchev–Trinajstić information content (AvgIpc) is 2.55. The molecule has 0 aromatic heterocycles. The third-order valence-corrected chi connectivity index (χ3v) is 3.98. The van der Waals surface area contributed by atoms with Gasteiger partial charge in [-0.05, 0) is 0 Å². The minimum absolute atomic E-state index is 0.667. The Labute approximate surface area is 130 Å². The molecule has 2 aliphatic rings. The molecule has 136 valence electrons. The van der Waals surface area contributed by atoms with Crippen molar-refractivity contribution in [1.82, 2.24) is 0 Å². The lowest BCUT2D eigenvalue weighted by atomic mass is 9.97. The summed E-state index contributed by atoms with van der Waals surface area (Å²) < 4.78 is 15.3. The molecule has 0 aromatic rings. The molecule has 11 heteroatoms. The van der Waals surface area contributed by atoms with Gasteiger partial charge in [-0.2, -0.15) is 0 Å². The number of aliphatic hydroxyl groups is 8. The standard InChI is InChI=1S/C12H22O11/c13-1-3-5(15)6(16)9(19)12(22-3)23-10-4(2-14)21-11(20)8(18)7(10)17/h3-20H,1-2H2/t3-,4-,5-,6+,7-,8+,9+,10+,11+,12-/m1/s1. The fraction of sp³-hybridized carbons (Fsp3) is 1.00. The van der Waals surface area contributed by atoms with Gasteiger partial charge in [0.2, 0.25) is 0 Å². The van der Waals surface area contributed by atoms with Crippen LogP contribution in [0.1, 0.15) is 0 Å². The Morgan fingerprint density at radius 1 is 0.652 bits per heavy atom. The van der Waals surface area contributed by atoms with Gasteiger partial charge in [-0.3, -0.25) is 0 Å². The quantitative estimate of drug-likeness (QED) is 0.243. The van der Waals surface area contributed by atoms with Crippen LogP contribution in [0.5, 0.6) is 0 Å². The number of rotatable bonds is 4. The van der Waals surface area contributed by atoms with Crippen LogP contribution in [0.4, 0.5) is 0 Å². The number of hydrogen-bond acceptors (Lipinski definition) is 11. The maximum absolute atomic E-state index is 9.94. The summed E-state index contributed by atoms with van der Waals surface area (Å²) in [6, 6.07) is 0. The van der Waals surface area contributed by atoms with Gasteiger partial charge in [-0.15, -0.1) is 0 Å². The summed E-state index contributed by atoms with van der Waals surface area (Å²) in [5.41, 5.74) is 0. The Hall–Kier alpha value is -0.440. The van der Waals surface area contributed by atoms with Gasteiger partial charge in [0, 0.05) is 0 Å². The van der Waals surface area contributed by atoms with E-state index >= 15 is 0 Å². The summed E-state index contributed by atoms with van der Waals surface area (Å²) in [5.74, 6) is 0. The summed E-state index contributed by atoms with van der Waals surface area (Å²) in [6.07, 6.45) is -15.6. The van der Waals surface area contributed by atoms with E-state index in [9.17, 15) is 35.7 Å². The first kappa shape index (κ1) is 18.9. The van der Waals surface area contributed by atoms with E-state index in [1.54, 1.807) is 0 Å². The minimum Gasteiger partial charge on any atom is -0.394 e. The molecule has 0 amide bonds. The Kier molecular flexibility index (Phi) is 6.27. The van der Waals surface area contributed by atoms with E-state index in [4.69, 9.17) is 19.3 Å². The molecule has 8 N–H and O–H groups in total. The molecule has 10 atom stereocenters. The van der Waals surface area contributed by atoms with Crippen LogP contribution in [-0.2, 0) is 14.2 Å². The lowest BCUT2D eigenvalue weighted by Crippen LogP contribution is -2.64. The normalized spacial score (nSPS) is 51.7. The van der Waals surface area contributed by atoms with Crippen molar-refractivity contribution in [2.24, 2.45) is 0 Å². The Balaban J connectivity index is 2.11. The largest absolute Gasteiger partial charge is 0.394 e. The van der Waals surface area contributed by atoms with Crippen LogP contribution in [0.2, 0.25) is 0 Å². The predicted molar refractivity (Wildman–Crippen MR) is 68.6 cm³/mol. The third-order valence-electron chi connectivity index (χ3n) is 3.98. The van der Waals surface area contributed by atoms with Crippen molar-refractivity contribution in [3.8, 4) is 0 Å². The molecular formula is C12H22O11. The highest BCUT2D eigenvalue weighted by Crippen LogP contribution is 2.28. The summed E-state index contributed by atoms with van der Waals surface area (Å²) in [4.78, 5) is 0. The molecule has 23 heavy (non-hydrogen) atoms. The fourth-order valence-electron chi connectivity index (χ4n) is 2.57. The number of hydrogen-bond donors (Lipinski definition) is 8. The lowest BCUT2D eigenvalue weighted by Gasteiger charge is -2.45. The molecule has 0 aliphatic carbocycles. The van der Waals surface area contributed by atoms with Crippen LogP contribution in [0.15, 0.2) is 0 Å². The number of aliphatic hydroxyl groups excluding tert-OH is 8. The van der Waals surface area contributed by atoms with Crippen molar-refractivity contribution in [2.45, 2.75) is 61.4 Å². The lowest BCUT2D eigenvalue weighted by molar-refractivity contribution is -0.355. The second kappa shape index (κ2) is 7.63. The maximum atomic E-state index is 9.94. The SMILES string of the molecule is OC[C@H]1O[C@H](O[C@@H]2[C@H](O)[C@H](O)[C@@H](O)O[C@@H]2CO)[C@@H](O)[C@@H](O)[C@@H]1O. The van der Waals surface area contributed by atoms with Crippen molar-refractivity contribution in [2.75, 3.05) is 13.2 Å². The van der Waals surface area contributed by atoms with E-state index in [1.165, 1.54) is 0 Å². The van der Waals surface area contributed by atoms with Crippen LogP contribution in [-0.4, -0.2) is 115 Å². The molecule has 2 fully saturated rings. The summed E-state index contributed by atoms with van der Waals surface area (Å²) in [7, 11) is 0. The van der Waals surface area contributed by atoms with Crippen LogP contribution in [0, 0.1) is 0 Å². The molecule has 0 aromatic carbocycles. The van der Waals surface area contributed by atoms with Crippen LogP contribution >= 0.6 is 0 Å². The fourth-order valence-corrected chi connectivity index (χ4v) is 2.57. The Morgan fingerprint density at radius 2 is 1.26 bits per heavy atom. The Bertz CT molecular complexity index is 378. The van der Waals surface area contributed by atoms with Crippen molar-refractivity contribution in [1.29, 1.82) is 0 Å². The van der Waals surface area contributed by atoms with Crippen molar-refractivity contribution >= 4 is 0 Å². The molecule has 0 radical (unpaired) electrons. The van der Waals surface area contributed by atoms with E-state index in [1.807, 2.05) is 0 Å². The first-order valence-corrected chi connectivity index (χ1v) is 7.08. The van der Waals surface area contributed by atoms with Crippen LogP contribution in [0.3, 0.4) is 0 Å². The molecule has 0 bridgehead atoms. The van der Waals surface area contributed by atoms with Gasteiger partial charge >= 0.3 is 0 Å². The van der Waals surface area contributed by atoms with Gasteiger partial charge < -0.3 is 55.1 Å². The van der Waals surface area contributed by atoms with Gasteiger partial charge in [0.1, 0.15) is 48.8 Å². The molecule has 11 nitrogen and oxygen atoms in total. The zero-order valence-corrected chi connectivity index (χ0v) is 12.0. The van der Waals surface area contributed by atoms with Gasteiger partial charge in [-0.25, -0.2) is 0 Å². The molecule has 0 saturated carbocycles. The molecule has 2 heterocycles. The van der Waals surface area contributed by atoms with E-state index in [-0.39, 0.29) is 0 Å². The monoisotopic (exact) mass is 342 g/mol. The summed E-state index contributed by atoms with van der Waals surface area (Å²) >= 11 is 0. The molecule has 0 unspecified atom stereocenters. The molecular weight excluding hydrogens is 320 g/mol. The average molecular weight is 342 g/mol.